The Morgan fingerprint density at radius 3 is 2.17 bits per heavy atom. The van der Waals surface area contributed by atoms with E-state index in [-0.39, 0.29) is 7.75 Å². The molecule has 1 aromatic heterocycles. The summed E-state index contributed by atoms with van der Waals surface area (Å²) in [5.41, 5.74) is 9.22. The maximum atomic E-state index is 12.9. The van der Waals surface area contributed by atoms with Crippen LogP contribution in [0, 0.1) is 17.8 Å². The first-order valence-electron chi connectivity index (χ1n) is 17.2. The third kappa shape index (κ3) is 7.05. The average molecular weight is 663 g/mol. The number of benzene rings is 2. The largest absolute Gasteiger partial charge is 0.371 e. The molecule has 2 aromatic carbocycles. The highest BCUT2D eigenvalue weighted by molar-refractivity contribution is 7.91. The number of likely N-dealkylation sites (tertiary alicyclic amines) is 1. The summed E-state index contributed by atoms with van der Waals surface area (Å²) < 4.78 is 25.8. The van der Waals surface area contributed by atoms with Crippen molar-refractivity contribution in [2.75, 3.05) is 58.3 Å². The Kier molecular flexibility index (Phi) is 10.2. The first-order valence-corrected chi connectivity index (χ1v) is 18.7. The number of amides is 2. The highest BCUT2D eigenvalue weighted by Gasteiger charge is 2.51. The number of fused-ring (bicyclic) bond motifs is 1. The van der Waals surface area contributed by atoms with Gasteiger partial charge >= 0.3 is 6.03 Å². The number of rotatable bonds is 7. The number of piperidine rings is 1. The molecule has 3 fully saturated rings. The van der Waals surface area contributed by atoms with Crippen LogP contribution in [0.25, 0.3) is 0 Å². The van der Waals surface area contributed by atoms with Gasteiger partial charge in [-0.25, -0.2) is 13.2 Å². The van der Waals surface area contributed by atoms with E-state index in [9.17, 15) is 13.2 Å². The fraction of sp³-hybridized carbons (Fsp3) is 0.514. The van der Waals surface area contributed by atoms with E-state index in [4.69, 9.17) is 0 Å². The number of hydrogen-bond acceptors (Lipinski definition) is 7. The van der Waals surface area contributed by atoms with Crippen LogP contribution in [0.5, 0.6) is 0 Å². The van der Waals surface area contributed by atoms with Gasteiger partial charge in [-0.3, -0.25) is 4.98 Å². The zero-order chi connectivity index (χ0) is 33.0. The molecule has 9 nitrogen and oxygen atoms in total. The molecule has 3 aliphatic heterocycles. The van der Waals surface area contributed by atoms with E-state index in [2.05, 4.69) is 62.0 Å². The lowest BCUT2D eigenvalue weighted by atomic mass is 9.57. The molecule has 1 aliphatic carbocycles. The Hall–Kier alpha value is -3.47. The Labute approximate surface area is 283 Å². The first-order chi connectivity index (χ1) is 22.7. The van der Waals surface area contributed by atoms with Crippen LogP contribution in [-0.4, -0.2) is 82.6 Å². The van der Waals surface area contributed by atoms with E-state index in [1.165, 1.54) is 84.1 Å². The normalized spacial score (nSPS) is 23.0. The summed E-state index contributed by atoms with van der Waals surface area (Å²) in [6, 6.07) is 19.4. The van der Waals surface area contributed by atoms with E-state index in [1.54, 1.807) is 35.4 Å². The summed E-state index contributed by atoms with van der Waals surface area (Å²) >= 11 is 0. The number of likely N-dealkylation sites (N-methyl/N-ethyl adjacent to an activating group) is 1. The fourth-order valence-corrected chi connectivity index (χ4v) is 10.1. The Balaban J connectivity index is 0.000000723. The lowest BCUT2D eigenvalue weighted by Crippen LogP contribution is -2.56. The monoisotopic (exact) mass is 662 g/mol. The lowest BCUT2D eigenvalue weighted by molar-refractivity contribution is 0.0420. The number of anilines is 1. The number of hydrogen-bond donors (Lipinski definition) is 2. The molecular weight excluding hydrogens is 609 g/mol. The standard InChI is InChI=1S/C35H44N4O2S.C2H6N2O.2H2/c1-37-25-28-6-2-5-9-34(28)35(26-37,29-7-3-4-8-29)30-16-20-38(21-17-30)22-27-23-39(24-27)31-10-12-32(13-11-31)42(40,41)33-14-18-36-19-15-33;1-4-2(3)5;;/h2,5-6,9-15,18-19,27,29-30H,3-4,7-8,16-17,20-26H2,1H3;1H3,(H3,3,4,5);2*1H. The average Bonchev–Trinajstić information content (AvgIpc) is 3.63. The molecule has 10 heteroatoms. The lowest BCUT2D eigenvalue weighted by Gasteiger charge is -2.54. The summed E-state index contributed by atoms with van der Waals surface area (Å²) in [7, 11) is 0.302. The second-order valence-electron chi connectivity index (χ2n) is 14.0. The summed E-state index contributed by atoms with van der Waals surface area (Å²) in [6.07, 6.45) is 11.3. The number of sulfone groups is 1. The molecule has 2 saturated heterocycles. The summed E-state index contributed by atoms with van der Waals surface area (Å²) in [5.74, 6) is 2.26. The van der Waals surface area contributed by atoms with Gasteiger partial charge in [0.1, 0.15) is 0 Å². The van der Waals surface area contributed by atoms with Crippen LogP contribution in [0.2, 0.25) is 0 Å². The van der Waals surface area contributed by atoms with E-state index < -0.39 is 15.9 Å². The number of nitrogens with two attached hydrogens (primary N) is 1. The predicted octanol–water partition coefficient (Wildman–Crippen LogP) is 5.41. The molecule has 4 aliphatic rings. The SMILES string of the molecule is CN1Cc2ccccc2C(C2CCCC2)(C2CCN(CC3CN(c4ccc(S(=O)(=O)c5ccncc5)cc4)C3)CC2)C1.CNC(N)=O.[HH].[HH]. The molecule has 1 saturated carbocycles. The molecule has 7 rings (SSSR count). The number of carbonyl (C=O) groups excluding carboxylic acids is 1. The number of nitrogens with one attached hydrogen (secondary N) is 1. The van der Waals surface area contributed by atoms with Crippen LogP contribution >= 0.6 is 0 Å². The van der Waals surface area contributed by atoms with Gasteiger partial charge < -0.3 is 25.8 Å². The topological polar surface area (TPSA) is 112 Å². The summed E-state index contributed by atoms with van der Waals surface area (Å²) in [6.45, 7) is 7.99. The van der Waals surface area contributed by atoms with Gasteiger partial charge in [-0.2, -0.15) is 0 Å². The van der Waals surface area contributed by atoms with Crippen LogP contribution in [0.1, 0.15) is 52.5 Å². The third-order valence-electron chi connectivity index (χ3n) is 11.1. The second kappa shape index (κ2) is 14.3. The van der Waals surface area contributed by atoms with Crippen molar-refractivity contribution in [3.05, 3.63) is 84.2 Å². The van der Waals surface area contributed by atoms with E-state index >= 15 is 0 Å². The van der Waals surface area contributed by atoms with Gasteiger partial charge in [-0.1, -0.05) is 37.1 Å². The minimum absolute atomic E-state index is 0. The van der Waals surface area contributed by atoms with Crippen LogP contribution in [0.3, 0.4) is 0 Å². The minimum Gasteiger partial charge on any atom is -0.371 e. The predicted molar refractivity (Wildman–Crippen MR) is 190 cm³/mol. The van der Waals surface area contributed by atoms with Crippen molar-refractivity contribution in [2.24, 2.45) is 23.5 Å². The number of pyridine rings is 1. The van der Waals surface area contributed by atoms with E-state index in [0.717, 1.165) is 37.2 Å². The molecule has 4 heterocycles. The third-order valence-corrected chi connectivity index (χ3v) is 12.9. The summed E-state index contributed by atoms with van der Waals surface area (Å²) in [5, 5.41) is 2.17. The van der Waals surface area contributed by atoms with Gasteiger partial charge in [-0.15, -0.1) is 0 Å². The summed E-state index contributed by atoms with van der Waals surface area (Å²) in [4.78, 5) is 21.7. The highest BCUT2D eigenvalue weighted by atomic mass is 32.2. The van der Waals surface area contributed by atoms with Crippen molar-refractivity contribution >= 4 is 21.6 Å². The van der Waals surface area contributed by atoms with Gasteiger partial charge in [0.05, 0.1) is 9.79 Å². The van der Waals surface area contributed by atoms with Crippen molar-refractivity contribution in [2.45, 2.75) is 60.3 Å². The maximum Gasteiger partial charge on any atom is 0.311 e. The van der Waals surface area contributed by atoms with Crippen LogP contribution < -0.4 is 16.0 Å². The fourth-order valence-electron chi connectivity index (χ4n) is 8.84. The van der Waals surface area contributed by atoms with Gasteiger partial charge in [0.15, 0.2) is 0 Å². The van der Waals surface area contributed by atoms with Gasteiger partial charge in [0.25, 0.3) is 0 Å². The van der Waals surface area contributed by atoms with Crippen LogP contribution in [0.15, 0.2) is 82.8 Å². The molecule has 256 valence electrons. The zero-order valence-electron chi connectivity index (χ0n) is 27.9. The number of nitrogens with zero attached hydrogens (tertiary/aromatic N) is 4. The first kappa shape index (κ1) is 33.4. The highest BCUT2D eigenvalue weighted by Crippen LogP contribution is 2.53. The van der Waals surface area contributed by atoms with Crippen molar-refractivity contribution in [3.63, 3.8) is 0 Å². The van der Waals surface area contributed by atoms with Gasteiger partial charge in [-0.05, 0) is 105 Å². The Morgan fingerprint density at radius 1 is 0.936 bits per heavy atom. The molecule has 0 bridgehead atoms. The van der Waals surface area contributed by atoms with Crippen LogP contribution in [0.4, 0.5) is 10.5 Å². The number of carbonyl (C=O) groups is 1. The van der Waals surface area contributed by atoms with Crippen molar-refractivity contribution < 1.29 is 16.1 Å². The molecule has 2 amide bonds. The molecule has 1 unspecified atom stereocenters. The van der Waals surface area contributed by atoms with E-state index in [0.29, 0.717) is 16.2 Å². The van der Waals surface area contributed by atoms with Crippen molar-refractivity contribution in [3.8, 4) is 0 Å². The molecule has 0 radical (unpaired) electrons. The zero-order valence-corrected chi connectivity index (χ0v) is 28.7. The number of aromatic nitrogens is 1. The van der Waals surface area contributed by atoms with Crippen molar-refractivity contribution in [1.82, 2.24) is 20.1 Å². The van der Waals surface area contributed by atoms with Crippen molar-refractivity contribution in [1.29, 1.82) is 0 Å². The molecule has 1 atom stereocenters. The Bertz CT molecular complexity index is 1610. The smallest absolute Gasteiger partial charge is 0.311 e. The van der Waals surface area contributed by atoms with Gasteiger partial charge in [0, 0.05) is 72.0 Å². The molecule has 0 spiro atoms. The van der Waals surface area contributed by atoms with Crippen LogP contribution in [-0.2, 0) is 21.8 Å². The maximum absolute atomic E-state index is 12.9. The molecule has 3 N–H and O–H groups in total. The number of urea groups is 1. The molecule has 3 aromatic rings. The van der Waals surface area contributed by atoms with Gasteiger partial charge in [0.2, 0.25) is 9.84 Å². The second-order valence-corrected chi connectivity index (χ2v) is 15.9. The Morgan fingerprint density at radius 2 is 1.53 bits per heavy atom. The quantitative estimate of drug-likeness (QED) is 0.348. The minimum atomic E-state index is -3.51. The number of primary amides is 1. The molecular formula is C37H54N6O3S. The molecule has 47 heavy (non-hydrogen) atoms. The van der Waals surface area contributed by atoms with E-state index in [1.807, 2.05) is 12.1 Å².